The molecule has 106 valence electrons. The molecule has 0 heterocycles. The Morgan fingerprint density at radius 3 is 2.16 bits per heavy atom. The highest BCUT2D eigenvalue weighted by molar-refractivity contribution is 5.33. The van der Waals surface area contributed by atoms with Crippen molar-refractivity contribution in [2.24, 2.45) is 11.7 Å². The van der Waals surface area contributed by atoms with Crippen LogP contribution in [0.1, 0.15) is 50.7 Å². The van der Waals surface area contributed by atoms with Crippen molar-refractivity contribution in [2.45, 2.75) is 50.9 Å². The standard InChI is InChI=1S/C16H23F2N/c1-12(2)10-16(17,18)14-6-4-13(5-7-14)15(11-19)8-3-9-15/h4-7,12H,3,8-11,19H2,1-2H3. The molecule has 0 atom stereocenters. The SMILES string of the molecule is CC(C)CC(F)(F)c1ccc(C2(CN)CCC2)cc1. The molecule has 3 heteroatoms. The summed E-state index contributed by atoms with van der Waals surface area (Å²) in [5, 5.41) is 0. The topological polar surface area (TPSA) is 26.0 Å². The van der Waals surface area contributed by atoms with Crippen molar-refractivity contribution in [1.82, 2.24) is 0 Å². The molecule has 0 radical (unpaired) electrons. The minimum absolute atomic E-state index is 0.0170. The number of alkyl halides is 2. The molecule has 1 saturated carbocycles. The second-order valence-corrected chi connectivity index (χ2v) is 6.22. The predicted octanol–water partition coefficient (Wildman–Crippen LogP) is 4.20. The molecule has 1 aromatic rings. The lowest BCUT2D eigenvalue weighted by Crippen LogP contribution is -2.41. The molecule has 0 amide bonds. The maximum atomic E-state index is 14.0. The number of nitrogens with two attached hydrogens (primary N) is 1. The predicted molar refractivity (Wildman–Crippen MR) is 74.4 cm³/mol. The van der Waals surface area contributed by atoms with Crippen LogP contribution >= 0.6 is 0 Å². The number of hydrogen-bond donors (Lipinski definition) is 1. The van der Waals surface area contributed by atoms with Crippen molar-refractivity contribution in [3.63, 3.8) is 0 Å². The van der Waals surface area contributed by atoms with Gasteiger partial charge in [-0.3, -0.25) is 0 Å². The zero-order valence-electron chi connectivity index (χ0n) is 11.8. The van der Waals surface area contributed by atoms with E-state index in [-0.39, 0.29) is 23.3 Å². The van der Waals surface area contributed by atoms with Gasteiger partial charge in [0.2, 0.25) is 0 Å². The second-order valence-electron chi connectivity index (χ2n) is 6.22. The zero-order chi connectivity index (χ0) is 14.1. The van der Waals surface area contributed by atoms with E-state index in [9.17, 15) is 8.78 Å². The normalized spacial score (nSPS) is 18.4. The lowest BCUT2D eigenvalue weighted by molar-refractivity contribution is -0.0249. The highest BCUT2D eigenvalue weighted by Crippen LogP contribution is 2.43. The van der Waals surface area contributed by atoms with Crippen LogP contribution in [-0.2, 0) is 11.3 Å². The van der Waals surface area contributed by atoms with Gasteiger partial charge in [-0.15, -0.1) is 0 Å². The molecular formula is C16H23F2N. The molecule has 0 unspecified atom stereocenters. The van der Waals surface area contributed by atoms with Gasteiger partial charge < -0.3 is 5.73 Å². The van der Waals surface area contributed by atoms with Crippen LogP contribution < -0.4 is 5.73 Å². The quantitative estimate of drug-likeness (QED) is 0.850. The van der Waals surface area contributed by atoms with Gasteiger partial charge in [0.15, 0.2) is 0 Å². The van der Waals surface area contributed by atoms with E-state index in [1.165, 1.54) is 6.42 Å². The van der Waals surface area contributed by atoms with Crippen LogP contribution in [0, 0.1) is 5.92 Å². The molecule has 0 spiro atoms. The maximum Gasteiger partial charge on any atom is 0.273 e. The lowest BCUT2D eigenvalue weighted by atomic mass is 9.64. The van der Waals surface area contributed by atoms with Crippen molar-refractivity contribution in [2.75, 3.05) is 6.54 Å². The van der Waals surface area contributed by atoms with Crippen molar-refractivity contribution in [1.29, 1.82) is 0 Å². The minimum atomic E-state index is -2.73. The Labute approximate surface area is 114 Å². The summed E-state index contributed by atoms with van der Waals surface area (Å²) in [7, 11) is 0. The summed E-state index contributed by atoms with van der Waals surface area (Å²) in [6, 6.07) is 6.84. The molecule has 1 aliphatic rings. The van der Waals surface area contributed by atoms with E-state index in [0.29, 0.717) is 6.54 Å². The van der Waals surface area contributed by atoms with E-state index < -0.39 is 5.92 Å². The first kappa shape index (κ1) is 14.4. The molecule has 19 heavy (non-hydrogen) atoms. The summed E-state index contributed by atoms with van der Waals surface area (Å²) in [6.45, 7) is 4.24. The molecule has 0 bridgehead atoms. The summed E-state index contributed by atoms with van der Waals surface area (Å²) in [5.74, 6) is -2.75. The third kappa shape index (κ3) is 2.81. The average molecular weight is 267 g/mol. The third-order valence-electron chi connectivity index (χ3n) is 4.29. The Bertz CT molecular complexity index is 413. The fraction of sp³-hybridized carbons (Fsp3) is 0.625. The molecule has 0 aliphatic heterocycles. The van der Waals surface area contributed by atoms with Gasteiger partial charge in [0, 0.05) is 23.9 Å². The molecule has 0 saturated heterocycles. The van der Waals surface area contributed by atoms with Crippen LogP contribution in [0.2, 0.25) is 0 Å². The van der Waals surface area contributed by atoms with Crippen LogP contribution in [0.25, 0.3) is 0 Å². The first-order chi connectivity index (χ1) is 8.89. The first-order valence-corrected chi connectivity index (χ1v) is 7.08. The van der Waals surface area contributed by atoms with Gasteiger partial charge in [-0.05, 0) is 24.3 Å². The summed E-state index contributed by atoms with van der Waals surface area (Å²) in [4.78, 5) is 0. The van der Waals surface area contributed by atoms with E-state index in [2.05, 4.69) is 0 Å². The largest absolute Gasteiger partial charge is 0.330 e. The molecule has 1 nitrogen and oxygen atoms in total. The molecule has 1 aliphatic carbocycles. The Kier molecular flexibility index (Phi) is 3.95. The zero-order valence-corrected chi connectivity index (χ0v) is 11.8. The van der Waals surface area contributed by atoms with E-state index in [1.807, 2.05) is 26.0 Å². The van der Waals surface area contributed by atoms with Gasteiger partial charge in [-0.25, -0.2) is 8.78 Å². The summed E-state index contributed by atoms with van der Waals surface area (Å²) < 4.78 is 28.0. The second kappa shape index (κ2) is 5.20. The fourth-order valence-corrected chi connectivity index (χ4v) is 2.91. The fourth-order valence-electron chi connectivity index (χ4n) is 2.91. The highest BCUT2D eigenvalue weighted by Gasteiger charge is 2.38. The van der Waals surface area contributed by atoms with Crippen molar-refractivity contribution >= 4 is 0 Å². The average Bonchev–Trinajstić information content (AvgIpc) is 2.27. The minimum Gasteiger partial charge on any atom is -0.330 e. The number of hydrogen-bond acceptors (Lipinski definition) is 1. The van der Waals surface area contributed by atoms with Crippen LogP contribution in [0.5, 0.6) is 0 Å². The number of halogens is 2. The van der Waals surface area contributed by atoms with Crippen LogP contribution in [-0.4, -0.2) is 6.54 Å². The van der Waals surface area contributed by atoms with E-state index in [1.54, 1.807) is 12.1 Å². The Hall–Kier alpha value is -0.960. The summed E-state index contributed by atoms with van der Waals surface area (Å²) >= 11 is 0. The monoisotopic (exact) mass is 267 g/mol. The third-order valence-corrected chi connectivity index (χ3v) is 4.29. The van der Waals surface area contributed by atoms with Crippen LogP contribution in [0.15, 0.2) is 24.3 Å². The van der Waals surface area contributed by atoms with Gasteiger partial charge in [0.25, 0.3) is 5.92 Å². The molecule has 2 N–H and O–H groups in total. The summed E-state index contributed by atoms with van der Waals surface area (Å²) in [5.41, 5.74) is 7.13. The van der Waals surface area contributed by atoms with Gasteiger partial charge in [0.1, 0.15) is 0 Å². The lowest BCUT2D eigenvalue weighted by Gasteiger charge is -2.41. The Balaban J connectivity index is 2.18. The smallest absolute Gasteiger partial charge is 0.273 e. The highest BCUT2D eigenvalue weighted by atomic mass is 19.3. The van der Waals surface area contributed by atoms with E-state index >= 15 is 0 Å². The van der Waals surface area contributed by atoms with Gasteiger partial charge in [0.05, 0.1) is 0 Å². The van der Waals surface area contributed by atoms with Crippen molar-refractivity contribution < 1.29 is 8.78 Å². The van der Waals surface area contributed by atoms with Gasteiger partial charge in [-0.2, -0.15) is 0 Å². The molecule has 1 fully saturated rings. The molecule has 0 aromatic heterocycles. The van der Waals surface area contributed by atoms with Crippen LogP contribution in [0.4, 0.5) is 8.78 Å². The van der Waals surface area contributed by atoms with E-state index in [4.69, 9.17) is 5.73 Å². The molecular weight excluding hydrogens is 244 g/mol. The summed E-state index contributed by atoms with van der Waals surface area (Å²) in [6.07, 6.45) is 3.23. The van der Waals surface area contributed by atoms with E-state index in [0.717, 1.165) is 18.4 Å². The molecule has 2 rings (SSSR count). The van der Waals surface area contributed by atoms with Crippen molar-refractivity contribution in [3.05, 3.63) is 35.4 Å². The Morgan fingerprint density at radius 1 is 1.21 bits per heavy atom. The molecule has 1 aromatic carbocycles. The number of rotatable bonds is 5. The number of benzene rings is 1. The maximum absolute atomic E-state index is 14.0. The van der Waals surface area contributed by atoms with Gasteiger partial charge >= 0.3 is 0 Å². The van der Waals surface area contributed by atoms with Crippen molar-refractivity contribution in [3.8, 4) is 0 Å². The first-order valence-electron chi connectivity index (χ1n) is 7.08. The van der Waals surface area contributed by atoms with Gasteiger partial charge in [-0.1, -0.05) is 44.5 Å². The van der Waals surface area contributed by atoms with Crippen LogP contribution in [0.3, 0.4) is 0 Å². The Morgan fingerprint density at radius 2 is 1.79 bits per heavy atom.